The lowest BCUT2D eigenvalue weighted by Gasteiger charge is -2.25. The molecule has 0 bridgehead atoms. The van der Waals surface area contributed by atoms with Crippen LogP contribution in [0.25, 0.3) is 0 Å². The number of esters is 3. The Hall–Kier alpha value is -5.69. The summed E-state index contributed by atoms with van der Waals surface area (Å²) in [5, 5.41) is 0. The summed E-state index contributed by atoms with van der Waals surface area (Å²) in [5.41, 5.74) is 3.56. The van der Waals surface area contributed by atoms with Gasteiger partial charge in [0.15, 0.2) is 24.1 Å². The van der Waals surface area contributed by atoms with Crippen LogP contribution < -0.4 is 11.3 Å². The zero-order chi connectivity index (χ0) is 31.2. The monoisotopic (exact) mass is 601 g/mol. The summed E-state index contributed by atoms with van der Waals surface area (Å²) in [4.78, 5) is 67.4. The number of aromatic nitrogens is 2. The molecule has 44 heavy (non-hydrogen) atoms. The number of rotatable bonds is 9. The number of hydrogen-bond acceptors (Lipinski definition) is 10. The van der Waals surface area contributed by atoms with Gasteiger partial charge in [0, 0.05) is 0 Å². The van der Waals surface area contributed by atoms with E-state index in [1.54, 1.807) is 54.6 Å². The molecule has 2 N–H and O–H groups in total. The van der Waals surface area contributed by atoms with E-state index in [1.165, 1.54) is 36.4 Å². The summed E-state index contributed by atoms with van der Waals surface area (Å²) in [6.45, 7) is -0.540. The van der Waals surface area contributed by atoms with E-state index in [0.29, 0.717) is 10.8 Å². The van der Waals surface area contributed by atoms with Crippen LogP contribution in [0.2, 0.25) is 0 Å². The molecule has 3 aromatic carbocycles. The SMILES string of the molecule is NC(=O)c1nc(F)cn([C@@H]2O[C@H](COC(=O)c3ccccc3)[C@@H](OC(=O)c3ccccc3)C2OC(=O)c2ccccc2)c1=O. The van der Waals surface area contributed by atoms with Crippen LogP contribution in [0.4, 0.5) is 4.39 Å². The van der Waals surface area contributed by atoms with Crippen molar-refractivity contribution in [3.05, 3.63) is 136 Å². The second-order valence-electron chi connectivity index (χ2n) is 9.49. The van der Waals surface area contributed by atoms with Crippen LogP contribution >= 0.6 is 0 Å². The predicted molar refractivity (Wildman–Crippen MR) is 149 cm³/mol. The van der Waals surface area contributed by atoms with E-state index in [4.69, 9.17) is 24.7 Å². The van der Waals surface area contributed by atoms with Gasteiger partial charge in [0.2, 0.25) is 5.95 Å². The van der Waals surface area contributed by atoms with Crippen LogP contribution in [0.5, 0.6) is 0 Å². The molecule has 2 heterocycles. The van der Waals surface area contributed by atoms with E-state index in [1.807, 2.05) is 0 Å². The molecule has 1 fully saturated rings. The average Bonchev–Trinajstić information content (AvgIpc) is 3.37. The molecule has 224 valence electrons. The lowest BCUT2D eigenvalue weighted by Crippen LogP contribution is -2.43. The summed E-state index contributed by atoms with van der Waals surface area (Å²) >= 11 is 0. The number of amides is 1. The first-order chi connectivity index (χ1) is 21.2. The van der Waals surface area contributed by atoms with E-state index in [9.17, 15) is 28.4 Å². The van der Waals surface area contributed by atoms with E-state index in [0.717, 1.165) is 0 Å². The van der Waals surface area contributed by atoms with Gasteiger partial charge in [-0.3, -0.25) is 14.2 Å². The second-order valence-corrected chi connectivity index (χ2v) is 9.49. The van der Waals surface area contributed by atoms with Gasteiger partial charge in [0.25, 0.3) is 11.5 Å². The zero-order valence-corrected chi connectivity index (χ0v) is 22.8. The van der Waals surface area contributed by atoms with Crippen molar-refractivity contribution in [1.29, 1.82) is 0 Å². The first-order valence-electron chi connectivity index (χ1n) is 13.2. The smallest absolute Gasteiger partial charge is 0.338 e. The van der Waals surface area contributed by atoms with Crippen molar-refractivity contribution in [2.45, 2.75) is 24.5 Å². The molecule has 0 aliphatic carbocycles. The summed E-state index contributed by atoms with van der Waals surface area (Å²) in [5.74, 6) is -5.09. The maximum absolute atomic E-state index is 14.5. The van der Waals surface area contributed by atoms with E-state index in [-0.39, 0.29) is 16.7 Å². The molecule has 1 amide bonds. The summed E-state index contributed by atoms with van der Waals surface area (Å²) in [6.07, 6.45) is -5.51. The van der Waals surface area contributed by atoms with Crippen LogP contribution in [0, 0.1) is 5.95 Å². The standard InChI is InChI=1S/C31H24FN3O9/c32-22-16-35(27(37)23(34-22)26(33)36)28-25(44-31(40)20-14-8-3-9-15-20)24(43-30(39)19-12-6-2-7-13-19)21(42-28)17-41-29(38)18-10-4-1-5-11-18/h1-16,21,24-25,28H,17H2,(H2,33,36)/t21-,24-,25?,28-/m1/s1. The van der Waals surface area contributed by atoms with E-state index in [2.05, 4.69) is 4.98 Å². The topological polar surface area (TPSA) is 166 Å². The first-order valence-corrected chi connectivity index (χ1v) is 13.2. The van der Waals surface area contributed by atoms with Crippen LogP contribution in [0.15, 0.2) is 102 Å². The number of nitrogens with zero attached hydrogens (tertiary/aromatic N) is 2. The van der Waals surface area contributed by atoms with Crippen LogP contribution in [0.1, 0.15) is 47.8 Å². The van der Waals surface area contributed by atoms with Gasteiger partial charge in [0.1, 0.15) is 12.7 Å². The largest absolute Gasteiger partial charge is 0.459 e. The molecule has 0 radical (unpaired) electrons. The van der Waals surface area contributed by atoms with Gasteiger partial charge in [-0.15, -0.1) is 0 Å². The maximum Gasteiger partial charge on any atom is 0.338 e. The Morgan fingerprint density at radius 2 is 1.25 bits per heavy atom. The first kappa shape index (κ1) is 29.8. The highest BCUT2D eigenvalue weighted by molar-refractivity contribution is 5.91. The van der Waals surface area contributed by atoms with Crippen molar-refractivity contribution in [2.75, 3.05) is 6.61 Å². The number of hydrogen-bond donors (Lipinski definition) is 1. The molecule has 1 unspecified atom stereocenters. The summed E-state index contributed by atoms with van der Waals surface area (Å²) in [6, 6.07) is 23.6. The van der Waals surface area contributed by atoms with Gasteiger partial charge < -0.3 is 24.7 Å². The third-order valence-electron chi connectivity index (χ3n) is 6.59. The minimum atomic E-state index is -1.68. The molecule has 4 aromatic rings. The van der Waals surface area contributed by atoms with E-state index >= 15 is 0 Å². The number of benzene rings is 3. The fourth-order valence-corrected chi connectivity index (χ4v) is 4.51. The van der Waals surface area contributed by atoms with Crippen molar-refractivity contribution in [2.24, 2.45) is 5.73 Å². The summed E-state index contributed by atoms with van der Waals surface area (Å²) in [7, 11) is 0. The van der Waals surface area contributed by atoms with Crippen molar-refractivity contribution >= 4 is 23.8 Å². The van der Waals surface area contributed by atoms with Crippen molar-refractivity contribution in [3.63, 3.8) is 0 Å². The number of carbonyl (C=O) groups excluding carboxylic acids is 4. The maximum atomic E-state index is 14.5. The quantitative estimate of drug-likeness (QED) is 0.223. The third kappa shape index (κ3) is 6.52. The molecule has 0 saturated carbocycles. The van der Waals surface area contributed by atoms with Gasteiger partial charge >= 0.3 is 17.9 Å². The fraction of sp³-hybridized carbons (Fsp3) is 0.161. The Balaban J connectivity index is 1.55. The molecule has 5 rings (SSSR count). The number of halogens is 1. The Bertz CT molecular complexity index is 1730. The van der Waals surface area contributed by atoms with Crippen LogP contribution in [-0.2, 0) is 18.9 Å². The molecule has 1 saturated heterocycles. The number of carbonyl (C=O) groups is 4. The Morgan fingerprint density at radius 3 is 1.75 bits per heavy atom. The van der Waals surface area contributed by atoms with Gasteiger partial charge in [-0.1, -0.05) is 54.6 Å². The second kappa shape index (κ2) is 13.1. The average molecular weight is 602 g/mol. The van der Waals surface area contributed by atoms with E-state index < -0.39 is 72.2 Å². The van der Waals surface area contributed by atoms with Gasteiger partial charge in [-0.25, -0.2) is 19.4 Å². The molecule has 1 aliphatic heterocycles. The molecule has 4 atom stereocenters. The lowest BCUT2D eigenvalue weighted by atomic mass is 10.1. The highest BCUT2D eigenvalue weighted by atomic mass is 19.1. The zero-order valence-electron chi connectivity index (χ0n) is 22.8. The highest BCUT2D eigenvalue weighted by Gasteiger charge is 2.52. The van der Waals surface area contributed by atoms with Crippen molar-refractivity contribution in [3.8, 4) is 0 Å². The summed E-state index contributed by atoms with van der Waals surface area (Å²) < 4.78 is 38.1. The number of ether oxygens (including phenoxy) is 4. The van der Waals surface area contributed by atoms with Gasteiger partial charge in [-0.2, -0.15) is 4.39 Å². The number of primary amides is 1. The Labute approximate surface area is 248 Å². The minimum absolute atomic E-state index is 0.101. The van der Waals surface area contributed by atoms with Crippen LogP contribution in [0.3, 0.4) is 0 Å². The lowest BCUT2D eigenvalue weighted by molar-refractivity contribution is -0.0639. The van der Waals surface area contributed by atoms with Crippen molar-refractivity contribution in [1.82, 2.24) is 9.55 Å². The van der Waals surface area contributed by atoms with Crippen LogP contribution in [-0.4, -0.2) is 58.3 Å². The molecule has 0 spiro atoms. The molecular weight excluding hydrogens is 577 g/mol. The Morgan fingerprint density at radius 1 is 0.773 bits per heavy atom. The normalized spacial score (nSPS) is 19.1. The molecule has 13 heteroatoms. The number of nitrogens with two attached hydrogens (primary N) is 1. The highest BCUT2D eigenvalue weighted by Crippen LogP contribution is 2.35. The minimum Gasteiger partial charge on any atom is -0.459 e. The van der Waals surface area contributed by atoms with Crippen molar-refractivity contribution < 1.29 is 42.5 Å². The van der Waals surface area contributed by atoms with Gasteiger partial charge in [0.05, 0.1) is 22.9 Å². The molecule has 1 aromatic heterocycles. The molecular formula is C31H24FN3O9. The Kier molecular flexibility index (Phi) is 8.86. The molecule has 12 nitrogen and oxygen atoms in total. The molecule has 1 aliphatic rings. The predicted octanol–water partition coefficient (Wildman–Crippen LogP) is 2.69. The third-order valence-corrected chi connectivity index (χ3v) is 6.59. The fourth-order valence-electron chi connectivity index (χ4n) is 4.51. The van der Waals surface area contributed by atoms with Gasteiger partial charge in [-0.05, 0) is 36.4 Å².